The van der Waals surface area contributed by atoms with Crippen LogP contribution in [0.4, 0.5) is 0 Å². The van der Waals surface area contributed by atoms with E-state index in [0.717, 1.165) is 19.3 Å². The van der Waals surface area contributed by atoms with E-state index in [1.165, 1.54) is 0 Å². The van der Waals surface area contributed by atoms with E-state index < -0.39 is 0 Å². The quantitative estimate of drug-likeness (QED) is 0.685. The second-order valence-electron chi connectivity index (χ2n) is 4.16. The van der Waals surface area contributed by atoms with Crippen LogP contribution in [0.5, 0.6) is 0 Å². The van der Waals surface area contributed by atoms with Crippen molar-refractivity contribution in [2.75, 3.05) is 0 Å². The SMILES string of the molecule is CCC[C@@H](N)C(=O)NC(CC)C(C)C. The summed E-state index contributed by atoms with van der Waals surface area (Å²) in [5.41, 5.74) is 5.72. The van der Waals surface area contributed by atoms with Crippen molar-refractivity contribution >= 4 is 5.91 Å². The number of nitrogens with one attached hydrogen (secondary N) is 1. The highest BCUT2D eigenvalue weighted by Crippen LogP contribution is 2.06. The van der Waals surface area contributed by atoms with Gasteiger partial charge in [-0.15, -0.1) is 0 Å². The third-order valence-electron chi connectivity index (χ3n) is 2.51. The molecule has 3 N–H and O–H groups in total. The molecule has 0 aromatic rings. The third kappa shape index (κ3) is 4.61. The predicted octanol–water partition coefficient (Wildman–Crippen LogP) is 1.66. The molecule has 2 atom stereocenters. The maximum absolute atomic E-state index is 11.6. The molecule has 0 aromatic carbocycles. The van der Waals surface area contributed by atoms with Gasteiger partial charge in [0.05, 0.1) is 6.04 Å². The smallest absolute Gasteiger partial charge is 0.237 e. The zero-order chi connectivity index (χ0) is 11.1. The number of rotatable bonds is 6. The molecule has 0 aromatic heterocycles. The summed E-state index contributed by atoms with van der Waals surface area (Å²) in [6.07, 6.45) is 2.68. The van der Waals surface area contributed by atoms with Crippen molar-refractivity contribution in [3.8, 4) is 0 Å². The zero-order valence-corrected chi connectivity index (χ0v) is 9.84. The van der Waals surface area contributed by atoms with Gasteiger partial charge in [-0.05, 0) is 18.8 Å². The van der Waals surface area contributed by atoms with Crippen molar-refractivity contribution in [3.63, 3.8) is 0 Å². The first kappa shape index (κ1) is 13.4. The molecule has 1 amide bonds. The molecular weight excluding hydrogens is 176 g/mol. The van der Waals surface area contributed by atoms with Crippen LogP contribution in [-0.4, -0.2) is 18.0 Å². The first-order chi connectivity index (χ1) is 6.52. The first-order valence-corrected chi connectivity index (χ1v) is 5.58. The van der Waals surface area contributed by atoms with E-state index in [-0.39, 0.29) is 18.0 Å². The van der Waals surface area contributed by atoms with Crippen LogP contribution in [0.25, 0.3) is 0 Å². The Morgan fingerprint density at radius 3 is 2.29 bits per heavy atom. The minimum Gasteiger partial charge on any atom is -0.352 e. The molecule has 0 bridgehead atoms. The Labute approximate surface area is 87.4 Å². The van der Waals surface area contributed by atoms with Gasteiger partial charge in [0.25, 0.3) is 0 Å². The van der Waals surface area contributed by atoms with Crippen molar-refractivity contribution in [2.45, 2.75) is 59.0 Å². The van der Waals surface area contributed by atoms with Gasteiger partial charge >= 0.3 is 0 Å². The molecule has 3 heteroatoms. The van der Waals surface area contributed by atoms with Crippen molar-refractivity contribution < 1.29 is 4.79 Å². The van der Waals surface area contributed by atoms with Gasteiger partial charge in [-0.2, -0.15) is 0 Å². The standard InChI is InChI=1S/C11H24N2O/c1-5-7-9(12)11(14)13-10(6-2)8(3)4/h8-10H,5-7,12H2,1-4H3,(H,13,14)/t9-,10?/m1/s1. The van der Waals surface area contributed by atoms with Crippen LogP contribution in [0.2, 0.25) is 0 Å². The number of hydrogen-bond donors (Lipinski definition) is 2. The van der Waals surface area contributed by atoms with Crippen LogP contribution >= 0.6 is 0 Å². The van der Waals surface area contributed by atoms with Crippen molar-refractivity contribution in [1.82, 2.24) is 5.32 Å². The summed E-state index contributed by atoms with van der Waals surface area (Å²) in [4.78, 5) is 11.6. The predicted molar refractivity (Wildman–Crippen MR) is 59.9 cm³/mol. The Hall–Kier alpha value is -0.570. The van der Waals surface area contributed by atoms with Gasteiger partial charge < -0.3 is 11.1 Å². The highest BCUT2D eigenvalue weighted by Gasteiger charge is 2.18. The van der Waals surface area contributed by atoms with Crippen LogP contribution in [0.1, 0.15) is 47.0 Å². The lowest BCUT2D eigenvalue weighted by molar-refractivity contribution is -0.123. The lowest BCUT2D eigenvalue weighted by Crippen LogP contribution is -2.46. The van der Waals surface area contributed by atoms with Crippen LogP contribution < -0.4 is 11.1 Å². The van der Waals surface area contributed by atoms with E-state index >= 15 is 0 Å². The molecule has 0 aliphatic carbocycles. The summed E-state index contributed by atoms with van der Waals surface area (Å²) >= 11 is 0. The van der Waals surface area contributed by atoms with Crippen molar-refractivity contribution in [3.05, 3.63) is 0 Å². The number of nitrogens with two attached hydrogens (primary N) is 1. The van der Waals surface area contributed by atoms with Gasteiger partial charge in [0.1, 0.15) is 0 Å². The lowest BCUT2D eigenvalue weighted by Gasteiger charge is -2.22. The minimum absolute atomic E-state index is 0.00704. The second-order valence-corrected chi connectivity index (χ2v) is 4.16. The molecule has 0 spiro atoms. The van der Waals surface area contributed by atoms with Crippen molar-refractivity contribution in [1.29, 1.82) is 0 Å². The maximum atomic E-state index is 11.6. The first-order valence-electron chi connectivity index (χ1n) is 5.58. The molecule has 0 heterocycles. The average molecular weight is 200 g/mol. The fourth-order valence-electron chi connectivity index (χ4n) is 1.47. The Morgan fingerprint density at radius 1 is 1.36 bits per heavy atom. The Balaban J connectivity index is 4.01. The molecule has 0 saturated heterocycles. The van der Waals surface area contributed by atoms with E-state index in [1.807, 2.05) is 6.92 Å². The highest BCUT2D eigenvalue weighted by atomic mass is 16.2. The van der Waals surface area contributed by atoms with Crippen LogP contribution in [0.3, 0.4) is 0 Å². The van der Waals surface area contributed by atoms with E-state index in [1.54, 1.807) is 0 Å². The van der Waals surface area contributed by atoms with Crippen LogP contribution in [-0.2, 0) is 4.79 Å². The summed E-state index contributed by atoms with van der Waals surface area (Å²) < 4.78 is 0. The highest BCUT2D eigenvalue weighted by molar-refractivity contribution is 5.81. The normalized spacial score (nSPS) is 15.3. The maximum Gasteiger partial charge on any atom is 0.237 e. The monoisotopic (exact) mass is 200 g/mol. The zero-order valence-electron chi connectivity index (χ0n) is 9.84. The van der Waals surface area contributed by atoms with Gasteiger partial charge in [0.15, 0.2) is 0 Å². The Bertz CT molecular complexity index is 169. The molecule has 0 radical (unpaired) electrons. The van der Waals surface area contributed by atoms with Crippen molar-refractivity contribution in [2.24, 2.45) is 11.7 Å². The molecule has 0 saturated carbocycles. The topological polar surface area (TPSA) is 55.1 Å². The summed E-state index contributed by atoms with van der Waals surface area (Å²) in [7, 11) is 0. The Morgan fingerprint density at radius 2 is 1.93 bits per heavy atom. The fourth-order valence-corrected chi connectivity index (χ4v) is 1.47. The number of carbonyl (C=O) groups excluding carboxylic acids is 1. The van der Waals surface area contributed by atoms with Gasteiger partial charge in [0, 0.05) is 6.04 Å². The fraction of sp³-hybridized carbons (Fsp3) is 0.909. The van der Waals surface area contributed by atoms with Crippen LogP contribution in [0, 0.1) is 5.92 Å². The molecule has 3 nitrogen and oxygen atoms in total. The van der Waals surface area contributed by atoms with Gasteiger partial charge in [-0.1, -0.05) is 34.1 Å². The molecule has 0 aliphatic rings. The van der Waals surface area contributed by atoms with Gasteiger partial charge in [0.2, 0.25) is 5.91 Å². The summed E-state index contributed by atoms with van der Waals surface area (Å²) in [5, 5.41) is 2.99. The number of carbonyl (C=O) groups is 1. The Kier molecular flexibility index (Phi) is 6.54. The second kappa shape index (κ2) is 6.82. The van der Waals surface area contributed by atoms with Crippen LogP contribution in [0.15, 0.2) is 0 Å². The molecule has 84 valence electrons. The summed E-state index contributed by atoms with van der Waals surface area (Å²) in [6.45, 7) is 8.34. The largest absolute Gasteiger partial charge is 0.352 e. The molecule has 0 rings (SSSR count). The minimum atomic E-state index is -0.340. The third-order valence-corrected chi connectivity index (χ3v) is 2.51. The molecular formula is C11H24N2O. The number of amides is 1. The number of hydrogen-bond acceptors (Lipinski definition) is 2. The van der Waals surface area contributed by atoms with Gasteiger partial charge in [-0.25, -0.2) is 0 Å². The summed E-state index contributed by atoms with van der Waals surface area (Å²) in [5.74, 6) is 0.463. The van der Waals surface area contributed by atoms with E-state index in [0.29, 0.717) is 5.92 Å². The molecule has 14 heavy (non-hydrogen) atoms. The molecule has 0 aliphatic heterocycles. The molecule has 0 fully saturated rings. The summed E-state index contributed by atoms with van der Waals surface area (Å²) in [6, 6.07) is -0.0850. The van der Waals surface area contributed by atoms with E-state index in [9.17, 15) is 4.79 Å². The van der Waals surface area contributed by atoms with E-state index in [4.69, 9.17) is 5.73 Å². The lowest BCUT2D eigenvalue weighted by atomic mass is 10.0. The van der Waals surface area contributed by atoms with E-state index in [2.05, 4.69) is 26.1 Å². The average Bonchev–Trinajstić information content (AvgIpc) is 2.13. The van der Waals surface area contributed by atoms with Gasteiger partial charge in [-0.3, -0.25) is 4.79 Å². The molecule has 1 unspecified atom stereocenters.